The van der Waals surface area contributed by atoms with Gasteiger partial charge in [-0.15, -0.1) is 0 Å². The zero-order valence-corrected chi connectivity index (χ0v) is 46.2. The fourth-order valence-corrected chi connectivity index (χ4v) is 9.00. The van der Waals surface area contributed by atoms with Crippen molar-refractivity contribution < 1.29 is 39.8 Å². The summed E-state index contributed by atoms with van der Waals surface area (Å²) in [5.74, 6) is -0.201. The van der Waals surface area contributed by atoms with Gasteiger partial charge in [0.2, 0.25) is 5.91 Å². The molecule has 1 amide bonds. The van der Waals surface area contributed by atoms with Gasteiger partial charge in [-0.25, -0.2) is 0 Å². The number of ether oxygens (including phenoxy) is 2. The van der Waals surface area contributed by atoms with Gasteiger partial charge in [-0.3, -0.25) is 4.79 Å². The van der Waals surface area contributed by atoms with Crippen LogP contribution >= 0.6 is 0 Å². The Kier molecular flexibility index (Phi) is 48.5. The lowest BCUT2D eigenvalue weighted by Crippen LogP contribution is -2.60. The summed E-state index contributed by atoms with van der Waals surface area (Å²) in [6.45, 7) is 3.65. The van der Waals surface area contributed by atoms with E-state index in [1.807, 2.05) is 6.08 Å². The van der Waals surface area contributed by atoms with Crippen molar-refractivity contribution in [3.63, 3.8) is 0 Å². The Bertz CT molecular complexity index is 1400. The van der Waals surface area contributed by atoms with Gasteiger partial charge in [-0.1, -0.05) is 247 Å². The van der Waals surface area contributed by atoms with Crippen molar-refractivity contribution in [3.05, 3.63) is 85.1 Å². The number of nitrogens with one attached hydrogen (secondary N) is 1. The number of carbonyl (C=O) groups excluding carboxylic acids is 1. The third-order valence-electron chi connectivity index (χ3n) is 13.7. The standard InChI is InChI=1S/C63H111NO8/c1-3-5-7-9-11-13-15-17-19-21-23-25-26-27-28-29-30-31-33-34-36-38-40-42-44-46-48-50-52-57(66)56(55-71-63-62(70)61(69)60(68)58(54-65)72-63)64-59(67)53-51-49-47-45-43-41-39-37-35-32-24-22-20-18-16-14-12-10-8-6-4-2/h6,8,12,14,18,20,24,32,34,36,42,44,50,52,56-58,60-63,65-66,68-70H,3-5,7,9-11,13,15-17,19,21-23,25-31,33,35,37-41,43,45-49,51,53-55H2,1-2H3,(H,64,67)/b8-6-,14-12-,20-18-,32-24-,36-34+,44-42+,52-50+. The Hall–Kier alpha value is -2.63. The number of hydrogen-bond donors (Lipinski definition) is 6. The van der Waals surface area contributed by atoms with Gasteiger partial charge in [0.25, 0.3) is 0 Å². The molecule has 7 atom stereocenters. The van der Waals surface area contributed by atoms with E-state index in [0.717, 1.165) is 83.5 Å². The molecule has 1 aliphatic rings. The Morgan fingerprint density at radius 3 is 1.33 bits per heavy atom. The number of rotatable bonds is 50. The van der Waals surface area contributed by atoms with Crippen molar-refractivity contribution in [3.8, 4) is 0 Å². The molecule has 0 radical (unpaired) electrons. The van der Waals surface area contributed by atoms with Gasteiger partial charge in [0, 0.05) is 6.42 Å². The van der Waals surface area contributed by atoms with Crippen LogP contribution in [0.5, 0.6) is 0 Å². The summed E-state index contributed by atoms with van der Waals surface area (Å²) in [6.07, 6.45) is 66.6. The lowest BCUT2D eigenvalue weighted by Gasteiger charge is -2.40. The minimum Gasteiger partial charge on any atom is -0.394 e. The van der Waals surface area contributed by atoms with Crippen LogP contribution in [0.2, 0.25) is 0 Å². The molecule has 6 N–H and O–H groups in total. The van der Waals surface area contributed by atoms with Gasteiger partial charge in [0.05, 0.1) is 25.4 Å². The highest BCUT2D eigenvalue weighted by atomic mass is 16.7. The Morgan fingerprint density at radius 2 is 0.875 bits per heavy atom. The maximum absolute atomic E-state index is 13.1. The number of carbonyl (C=O) groups is 1. The molecule has 1 fully saturated rings. The molecule has 0 spiro atoms. The largest absolute Gasteiger partial charge is 0.394 e. The highest BCUT2D eigenvalue weighted by Gasteiger charge is 2.44. The minimum atomic E-state index is -1.58. The van der Waals surface area contributed by atoms with E-state index in [-0.39, 0.29) is 12.5 Å². The molecule has 9 heteroatoms. The van der Waals surface area contributed by atoms with Gasteiger partial charge in [-0.05, 0) is 83.5 Å². The van der Waals surface area contributed by atoms with Crippen LogP contribution in [0.15, 0.2) is 85.1 Å². The van der Waals surface area contributed by atoms with Crippen LogP contribution in [0.25, 0.3) is 0 Å². The molecule has 416 valence electrons. The molecule has 0 aliphatic carbocycles. The van der Waals surface area contributed by atoms with E-state index in [0.29, 0.717) is 6.42 Å². The predicted molar refractivity (Wildman–Crippen MR) is 304 cm³/mol. The van der Waals surface area contributed by atoms with Crippen molar-refractivity contribution in [2.75, 3.05) is 13.2 Å². The lowest BCUT2D eigenvalue weighted by molar-refractivity contribution is -0.302. The predicted octanol–water partition coefficient (Wildman–Crippen LogP) is 15.0. The van der Waals surface area contributed by atoms with Crippen LogP contribution in [0.4, 0.5) is 0 Å². The van der Waals surface area contributed by atoms with Crippen LogP contribution in [0, 0.1) is 0 Å². The van der Waals surface area contributed by atoms with Crippen molar-refractivity contribution >= 4 is 5.91 Å². The molecule has 0 aromatic heterocycles. The monoisotopic (exact) mass is 1010 g/mol. The van der Waals surface area contributed by atoms with E-state index in [4.69, 9.17) is 9.47 Å². The maximum Gasteiger partial charge on any atom is 0.220 e. The average Bonchev–Trinajstić information content (AvgIpc) is 3.38. The van der Waals surface area contributed by atoms with Crippen LogP contribution in [0.3, 0.4) is 0 Å². The van der Waals surface area contributed by atoms with Crippen molar-refractivity contribution in [1.29, 1.82) is 0 Å². The number of aliphatic hydroxyl groups excluding tert-OH is 5. The molecular formula is C63H111NO8. The topological polar surface area (TPSA) is 149 Å². The summed E-state index contributed by atoms with van der Waals surface area (Å²) in [6, 6.07) is -0.839. The molecular weight excluding hydrogens is 899 g/mol. The summed E-state index contributed by atoms with van der Waals surface area (Å²) in [5, 5.41) is 54.5. The van der Waals surface area contributed by atoms with Gasteiger partial charge < -0.3 is 40.3 Å². The molecule has 9 nitrogen and oxygen atoms in total. The van der Waals surface area contributed by atoms with Gasteiger partial charge in [-0.2, -0.15) is 0 Å². The first-order valence-electron chi connectivity index (χ1n) is 29.8. The van der Waals surface area contributed by atoms with Gasteiger partial charge in [0.15, 0.2) is 6.29 Å². The maximum atomic E-state index is 13.1. The second-order valence-electron chi connectivity index (χ2n) is 20.4. The minimum absolute atomic E-state index is 0.201. The number of allylic oxidation sites excluding steroid dienone is 13. The second-order valence-corrected chi connectivity index (χ2v) is 20.4. The molecule has 1 heterocycles. The molecule has 0 aromatic rings. The quantitative estimate of drug-likeness (QED) is 0.0261. The van der Waals surface area contributed by atoms with Crippen LogP contribution in [-0.4, -0.2) is 87.5 Å². The number of hydrogen-bond acceptors (Lipinski definition) is 8. The average molecular weight is 1010 g/mol. The van der Waals surface area contributed by atoms with Crippen molar-refractivity contribution in [1.82, 2.24) is 5.32 Å². The zero-order chi connectivity index (χ0) is 52.2. The SMILES string of the molecule is CC/C=C\C/C=C\C/C=C\C/C=C\CCCCCCCCCCC(=O)NC(COC1OC(CO)C(O)C(O)C1O)C(O)/C=C/CC/C=C/CC/C=C/CCCCCCCCCCCCCCCCCCCC. The fraction of sp³-hybridized carbons (Fsp3) is 0.762. The number of unbranched alkanes of at least 4 members (excludes halogenated alkanes) is 28. The third-order valence-corrected chi connectivity index (χ3v) is 13.7. The first kappa shape index (κ1) is 67.4. The first-order chi connectivity index (χ1) is 35.3. The van der Waals surface area contributed by atoms with E-state index in [1.165, 1.54) is 148 Å². The van der Waals surface area contributed by atoms with E-state index < -0.39 is 49.5 Å². The Morgan fingerprint density at radius 1 is 0.486 bits per heavy atom. The van der Waals surface area contributed by atoms with Crippen LogP contribution in [0.1, 0.15) is 251 Å². The second kappa shape index (κ2) is 51.8. The lowest BCUT2D eigenvalue weighted by atomic mass is 9.99. The summed E-state index contributed by atoms with van der Waals surface area (Å²) < 4.78 is 11.3. The van der Waals surface area contributed by atoms with Crippen LogP contribution in [-0.2, 0) is 14.3 Å². The zero-order valence-electron chi connectivity index (χ0n) is 46.2. The summed E-state index contributed by atoms with van der Waals surface area (Å²) in [4.78, 5) is 13.1. The normalized spacial score (nSPS) is 19.8. The van der Waals surface area contributed by atoms with Gasteiger partial charge >= 0.3 is 0 Å². The molecule has 0 aromatic carbocycles. The van der Waals surface area contributed by atoms with E-state index in [1.54, 1.807) is 6.08 Å². The molecule has 0 bridgehead atoms. The van der Waals surface area contributed by atoms with Crippen molar-refractivity contribution in [2.45, 2.75) is 294 Å². The Labute approximate surface area is 441 Å². The van der Waals surface area contributed by atoms with Gasteiger partial charge in [0.1, 0.15) is 24.4 Å². The molecule has 1 rings (SSSR count). The molecule has 72 heavy (non-hydrogen) atoms. The van der Waals surface area contributed by atoms with Crippen LogP contribution < -0.4 is 5.32 Å². The smallest absolute Gasteiger partial charge is 0.220 e. The number of aliphatic hydroxyl groups is 5. The van der Waals surface area contributed by atoms with E-state index >= 15 is 0 Å². The Balaban J connectivity index is 2.26. The fourth-order valence-electron chi connectivity index (χ4n) is 9.00. The highest BCUT2D eigenvalue weighted by molar-refractivity contribution is 5.76. The summed E-state index contributed by atoms with van der Waals surface area (Å²) in [7, 11) is 0. The molecule has 1 aliphatic heterocycles. The molecule has 1 saturated heterocycles. The van der Waals surface area contributed by atoms with E-state index in [2.05, 4.69) is 92.1 Å². The van der Waals surface area contributed by atoms with E-state index in [9.17, 15) is 30.3 Å². The molecule has 0 saturated carbocycles. The first-order valence-corrected chi connectivity index (χ1v) is 29.8. The number of amides is 1. The summed E-state index contributed by atoms with van der Waals surface area (Å²) in [5.41, 5.74) is 0. The summed E-state index contributed by atoms with van der Waals surface area (Å²) >= 11 is 0. The van der Waals surface area contributed by atoms with Crippen molar-refractivity contribution in [2.24, 2.45) is 0 Å². The molecule has 7 unspecified atom stereocenters. The highest BCUT2D eigenvalue weighted by Crippen LogP contribution is 2.23. The third kappa shape index (κ3) is 40.7.